The third kappa shape index (κ3) is 4.46. The minimum absolute atomic E-state index is 0.0788. The molecule has 0 aromatic carbocycles. The first-order valence-electron chi connectivity index (χ1n) is 11.4. The summed E-state index contributed by atoms with van der Waals surface area (Å²) in [5.41, 5.74) is 3.48. The molecular formula is C25H22F3N7O2. The number of hydrogen-bond donors (Lipinski definition) is 1. The molecule has 1 amide bonds. The van der Waals surface area contributed by atoms with Gasteiger partial charge in [0.25, 0.3) is 5.91 Å². The van der Waals surface area contributed by atoms with E-state index in [0.717, 1.165) is 39.5 Å². The van der Waals surface area contributed by atoms with E-state index in [4.69, 9.17) is 4.42 Å². The summed E-state index contributed by atoms with van der Waals surface area (Å²) in [4.78, 5) is 27.2. The van der Waals surface area contributed by atoms with Crippen molar-refractivity contribution in [1.29, 1.82) is 0 Å². The Morgan fingerprint density at radius 1 is 1.24 bits per heavy atom. The van der Waals surface area contributed by atoms with Gasteiger partial charge >= 0.3 is 6.18 Å². The lowest BCUT2D eigenvalue weighted by Crippen LogP contribution is -2.21. The molecule has 4 aromatic rings. The van der Waals surface area contributed by atoms with E-state index in [0.29, 0.717) is 23.7 Å². The normalized spacial score (nSPS) is 15.2. The van der Waals surface area contributed by atoms with Crippen molar-refractivity contribution in [3.8, 4) is 5.82 Å². The Kier molecular flexibility index (Phi) is 6.02. The van der Waals surface area contributed by atoms with Gasteiger partial charge in [0.15, 0.2) is 12.2 Å². The zero-order chi connectivity index (χ0) is 26.3. The molecule has 1 atom stereocenters. The van der Waals surface area contributed by atoms with Crippen LogP contribution >= 0.6 is 0 Å². The van der Waals surface area contributed by atoms with Crippen molar-refractivity contribution in [3.63, 3.8) is 0 Å². The van der Waals surface area contributed by atoms with Crippen molar-refractivity contribution >= 4 is 17.4 Å². The molecule has 5 rings (SSSR count). The van der Waals surface area contributed by atoms with Crippen molar-refractivity contribution < 1.29 is 22.4 Å². The van der Waals surface area contributed by atoms with Gasteiger partial charge in [-0.25, -0.2) is 19.6 Å². The predicted octanol–water partition coefficient (Wildman–Crippen LogP) is 5.17. The van der Waals surface area contributed by atoms with Crippen molar-refractivity contribution in [2.45, 2.75) is 39.5 Å². The molecular weight excluding hydrogens is 487 g/mol. The standard InChI is InChI=1S/C25H22F3N7O2/c1-4-20-18-5-6-30-22(33-24(36)21-10-29-13-37-21)19(18)12-34(20)15(3)16-7-14(2)23(31-8-16)35-11-17(9-32-35)25(26,27)28/h4-11,13,15H,12H2,1-3H3,(H,30,33,36). The Morgan fingerprint density at radius 2 is 2.05 bits per heavy atom. The maximum atomic E-state index is 13.0. The van der Waals surface area contributed by atoms with Gasteiger partial charge in [-0.1, -0.05) is 6.08 Å². The van der Waals surface area contributed by atoms with Gasteiger partial charge in [0.2, 0.25) is 5.76 Å². The van der Waals surface area contributed by atoms with Crippen molar-refractivity contribution in [3.05, 3.63) is 89.2 Å². The number of oxazole rings is 1. The van der Waals surface area contributed by atoms with Crippen LogP contribution < -0.4 is 5.32 Å². The smallest absolute Gasteiger partial charge is 0.419 e. The fourth-order valence-electron chi connectivity index (χ4n) is 4.40. The van der Waals surface area contributed by atoms with E-state index in [1.807, 2.05) is 32.1 Å². The number of carbonyl (C=O) groups is 1. The first-order valence-corrected chi connectivity index (χ1v) is 11.4. The number of alkyl halides is 3. The van der Waals surface area contributed by atoms with Gasteiger partial charge < -0.3 is 14.6 Å². The average Bonchev–Trinajstić information content (AvgIpc) is 3.63. The molecule has 9 nitrogen and oxygen atoms in total. The Bertz CT molecular complexity index is 1490. The van der Waals surface area contributed by atoms with Gasteiger partial charge in [0.1, 0.15) is 5.82 Å². The monoisotopic (exact) mass is 509 g/mol. The molecule has 4 aromatic heterocycles. The molecule has 1 aliphatic rings. The van der Waals surface area contributed by atoms with Crippen LogP contribution in [0.5, 0.6) is 0 Å². The number of halogens is 3. The predicted molar refractivity (Wildman–Crippen MR) is 127 cm³/mol. The quantitative estimate of drug-likeness (QED) is 0.396. The summed E-state index contributed by atoms with van der Waals surface area (Å²) in [7, 11) is 0. The van der Waals surface area contributed by atoms with Gasteiger partial charge in [0.05, 0.1) is 24.0 Å². The lowest BCUT2D eigenvalue weighted by atomic mass is 10.1. The minimum atomic E-state index is -4.48. The molecule has 190 valence electrons. The second-order valence-corrected chi connectivity index (χ2v) is 8.56. The highest BCUT2D eigenvalue weighted by Gasteiger charge is 2.33. The maximum absolute atomic E-state index is 13.0. The molecule has 12 heteroatoms. The molecule has 0 fully saturated rings. The number of anilines is 1. The zero-order valence-corrected chi connectivity index (χ0v) is 20.1. The number of allylic oxidation sites excluding steroid dienone is 1. The fourth-order valence-corrected chi connectivity index (χ4v) is 4.40. The molecule has 0 spiro atoms. The van der Waals surface area contributed by atoms with E-state index < -0.39 is 17.6 Å². The first-order chi connectivity index (χ1) is 17.7. The van der Waals surface area contributed by atoms with Gasteiger partial charge in [-0.2, -0.15) is 18.3 Å². The van der Waals surface area contributed by atoms with Crippen molar-refractivity contribution in [1.82, 2.24) is 29.6 Å². The maximum Gasteiger partial charge on any atom is 0.419 e. The van der Waals surface area contributed by atoms with Crippen LogP contribution in [0.15, 0.2) is 60.0 Å². The zero-order valence-electron chi connectivity index (χ0n) is 20.1. The number of aromatic nitrogens is 5. The average molecular weight is 509 g/mol. The summed E-state index contributed by atoms with van der Waals surface area (Å²) in [6.45, 7) is 6.20. The van der Waals surface area contributed by atoms with Gasteiger partial charge in [-0.3, -0.25) is 4.79 Å². The number of carbonyl (C=O) groups excluding carboxylic acids is 1. The SMILES string of the molecule is CC=C1c2ccnc(NC(=O)c3cnco3)c2CN1C(C)c1cnc(-n2cc(C(F)(F)F)cn2)c(C)c1. The molecule has 1 N–H and O–H groups in total. The summed E-state index contributed by atoms with van der Waals surface area (Å²) in [6, 6.07) is 3.65. The highest BCUT2D eigenvalue weighted by Crippen LogP contribution is 2.41. The van der Waals surface area contributed by atoms with Crippen LogP contribution in [0.25, 0.3) is 11.5 Å². The van der Waals surface area contributed by atoms with Gasteiger partial charge in [-0.15, -0.1) is 0 Å². The van der Waals surface area contributed by atoms with Crippen LogP contribution in [-0.2, 0) is 12.7 Å². The summed E-state index contributed by atoms with van der Waals surface area (Å²) < 4.78 is 45.2. The topological polar surface area (TPSA) is 102 Å². The minimum Gasteiger partial charge on any atom is -0.438 e. The number of amides is 1. The van der Waals surface area contributed by atoms with E-state index in [-0.39, 0.29) is 11.8 Å². The van der Waals surface area contributed by atoms with Crippen LogP contribution in [0.1, 0.15) is 58.3 Å². The van der Waals surface area contributed by atoms with Crippen molar-refractivity contribution in [2.24, 2.45) is 0 Å². The number of pyridine rings is 2. The second-order valence-electron chi connectivity index (χ2n) is 8.56. The third-order valence-electron chi connectivity index (χ3n) is 6.28. The highest BCUT2D eigenvalue weighted by atomic mass is 19.4. The van der Waals surface area contributed by atoms with E-state index in [2.05, 4.69) is 30.3 Å². The number of nitrogens with zero attached hydrogens (tertiary/aromatic N) is 6. The third-order valence-corrected chi connectivity index (χ3v) is 6.28. The molecule has 0 saturated carbocycles. The molecule has 1 aliphatic heterocycles. The molecule has 0 bridgehead atoms. The highest BCUT2D eigenvalue weighted by molar-refractivity contribution is 6.02. The lowest BCUT2D eigenvalue weighted by Gasteiger charge is -2.28. The molecule has 37 heavy (non-hydrogen) atoms. The second kappa shape index (κ2) is 9.19. The van der Waals surface area contributed by atoms with Crippen LogP contribution in [0.3, 0.4) is 0 Å². The summed E-state index contributed by atoms with van der Waals surface area (Å²) >= 11 is 0. The van der Waals surface area contributed by atoms with E-state index >= 15 is 0 Å². The van der Waals surface area contributed by atoms with Crippen LogP contribution in [-0.4, -0.2) is 35.5 Å². The molecule has 0 aliphatic carbocycles. The number of nitrogens with one attached hydrogen (secondary N) is 1. The Morgan fingerprint density at radius 3 is 2.70 bits per heavy atom. The number of fused-ring (bicyclic) bond motifs is 1. The van der Waals surface area contributed by atoms with Gasteiger partial charge in [0, 0.05) is 42.0 Å². The lowest BCUT2D eigenvalue weighted by molar-refractivity contribution is -0.137. The number of hydrogen-bond acceptors (Lipinski definition) is 7. The summed E-state index contributed by atoms with van der Waals surface area (Å²) in [5.74, 6) is 0.380. The van der Waals surface area contributed by atoms with E-state index in [1.165, 1.54) is 12.6 Å². The molecule has 5 heterocycles. The number of rotatable bonds is 5. The Hall–Kier alpha value is -4.48. The first kappa shape index (κ1) is 24.2. The van der Waals surface area contributed by atoms with Crippen molar-refractivity contribution in [2.75, 3.05) is 5.32 Å². The summed E-state index contributed by atoms with van der Waals surface area (Å²) in [6.07, 6.45) is 5.00. The van der Waals surface area contributed by atoms with E-state index in [1.54, 1.807) is 19.3 Å². The van der Waals surface area contributed by atoms with Crippen LogP contribution in [0.4, 0.5) is 19.0 Å². The van der Waals surface area contributed by atoms with Crippen LogP contribution in [0.2, 0.25) is 0 Å². The molecule has 0 saturated heterocycles. The Balaban J connectivity index is 1.41. The molecule has 0 radical (unpaired) electrons. The fraction of sp³-hybridized carbons (Fsp3) is 0.240. The van der Waals surface area contributed by atoms with Gasteiger partial charge in [-0.05, 0) is 44.0 Å². The van der Waals surface area contributed by atoms with E-state index in [9.17, 15) is 18.0 Å². The Labute approximate surface area is 209 Å². The van der Waals surface area contributed by atoms with Crippen LogP contribution in [0, 0.1) is 6.92 Å². The molecule has 1 unspecified atom stereocenters. The number of aryl methyl sites for hydroxylation is 1. The largest absolute Gasteiger partial charge is 0.438 e. The summed E-state index contributed by atoms with van der Waals surface area (Å²) in [5, 5.41) is 6.63.